The Morgan fingerprint density at radius 2 is 1.61 bits per heavy atom. The summed E-state index contributed by atoms with van der Waals surface area (Å²) in [7, 11) is -3.81. The Hall–Kier alpha value is -2.94. The molecule has 1 heterocycles. The van der Waals surface area contributed by atoms with Gasteiger partial charge in [-0.1, -0.05) is 41.9 Å². The maximum Gasteiger partial charge on any atom is 0.340 e. The number of hydrogen-bond donors (Lipinski definition) is 0. The van der Waals surface area contributed by atoms with Gasteiger partial charge in [0.2, 0.25) is 10.0 Å². The maximum absolute atomic E-state index is 13.2. The van der Waals surface area contributed by atoms with E-state index >= 15 is 0 Å². The molecule has 1 fully saturated rings. The molecule has 172 valence electrons. The first-order valence-corrected chi connectivity index (χ1v) is 12.2. The average molecular weight is 489 g/mol. The molecule has 0 aromatic heterocycles. The van der Waals surface area contributed by atoms with Gasteiger partial charge in [0.15, 0.2) is 0 Å². The van der Waals surface area contributed by atoms with E-state index in [0.29, 0.717) is 31.7 Å². The number of carbonyl (C=O) groups is 1. The Balaban J connectivity index is 1.45. The molecule has 9 heteroatoms. The van der Waals surface area contributed by atoms with Crippen LogP contribution in [0.2, 0.25) is 5.02 Å². The quantitative estimate of drug-likeness (QED) is 0.483. The van der Waals surface area contributed by atoms with Gasteiger partial charge in [0.1, 0.15) is 12.4 Å². The van der Waals surface area contributed by atoms with Gasteiger partial charge in [-0.3, -0.25) is 0 Å². The predicted molar refractivity (Wildman–Crippen MR) is 124 cm³/mol. The van der Waals surface area contributed by atoms with Gasteiger partial charge in [-0.2, -0.15) is 4.31 Å². The minimum atomic E-state index is -3.81. The lowest BCUT2D eigenvalue weighted by molar-refractivity contribution is 0.0472. The smallest absolute Gasteiger partial charge is 0.340 e. The molecule has 1 aliphatic heterocycles. The minimum absolute atomic E-state index is 0.0196. The zero-order valence-electron chi connectivity index (χ0n) is 17.7. The van der Waals surface area contributed by atoms with Gasteiger partial charge in [0, 0.05) is 31.9 Å². The van der Waals surface area contributed by atoms with E-state index in [1.54, 1.807) is 0 Å². The first-order chi connectivity index (χ1) is 15.8. The van der Waals surface area contributed by atoms with Crippen molar-refractivity contribution in [2.75, 3.05) is 31.1 Å². The van der Waals surface area contributed by atoms with E-state index in [-0.39, 0.29) is 22.1 Å². The number of carbonyl (C=O) groups excluding carboxylic acids is 1. The summed E-state index contributed by atoms with van der Waals surface area (Å²) in [4.78, 5) is 14.7. The van der Waals surface area contributed by atoms with E-state index < -0.39 is 21.8 Å². The highest BCUT2D eigenvalue weighted by atomic mass is 35.5. The van der Waals surface area contributed by atoms with Gasteiger partial charge >= 0.3 is 5.97 Å². The summed E-state index contributed by atoms with van der Waals surface area (Å²) in [6.45, 7) is 1.68. The molecule has 1 aliphatic rings. The number of rotatable bonds is 6. The number of nitrogens with zero attached hydrogens (tertiary/aromatic N) is 2. The van der Waals surface area contributed by atoms with Crippen molar-refractivity contribution in [1.29, 1.82) is 0 Å². The average Bonchev–Trinajstić information content (AvgIpc) is 2.84. The number of anilines is 1. The van der Waals surface area contributed by atoms with Crippen LogP contribution in [0.3, 0.4) is 0 Å². The fraction of sp³-hybridized carbons (Fsp3) is 0.208. The van der Waals surface area contributed by atoms with Gasteiger partial charge in [0.25, 0.3) is 0 Å². The lowest BCUT2D eigenvalue weighted by Gasteiger charge is -2.35. The molecule has 6 nitrogen and oxygen atoms in total. The van der Waals surface area contributed by atoms with Crippen molar-refractivity contribution >= 4 is 33.3 Å². The number of benzene rings is 3. The van der Waals surface area contributed by atoms with E-state index in [4.69, 9.17) is 16.3 Å². The molecule has 0 bridgehead atoms. The lowest BCUT2D eigenvalue weighted by Crippen LogP contribution is -2.48. The Kier molecular flexibility index (Phi) is 6.97. The summed E-state index contributed by atoms with van der Waals surface area (Å²) in [5, 5.41) is 0.0898. The number of halogens is 2. The zero-order chi connectivity index (χ0) is 23.4. The number of para-hydroxylation sites is 1. The summed E-state index contributed by atoms with van der Waals surface area (Å²) in [6, 6.07) is 19.4. The number of esters is 1. The van der Waals surface area contributed by atoms with Crippen LogP contribution in [0, 0.1) is 5.82 Å². The Bertz CT molecular complexity index is 1230. The second-order valence-corrected chi connectivity index (χ2v) is 9.92. The largest absolute Gasteiger partial charge is 0.457 e. The normalized spacial score (nSPS) is 14.8. The summed E-state index contributed by atoms with van der Waals surface area (Å²) >= 11 is 6.15. The SMILES string of the molecule is O=C(OCc1ccc(F)cc1)c1cc(S(=O)(=O)N2CCN(c3ccccc3)CC2)ccc1Cl. The number of piperazine rings is 1. The molecule has 0 radical (unpaired) electrons. The molecular formula is C24H22ClFN2O4S. The molecule has 0 amide bonds. The lowest BCUT2D eigenvalue weighted by atomic mass is 10.2. The molecule has 0 spiro atoms. The van der Waals surface area contributed by atoms with Crippen molar-refractivity contribution in [2.24, 2.45) is 0 Å². The van der Waals surface area contributed by atoms with Crippen LogP contribution in [0.1, 0.15) is 15.9 Å². The van der Waals surface area contributed by atoms with Crippen molar-refractivity contribution in [3.05, 3.63) is 94.8 Å². The maximum atomic E-state index is 13.2. The van der Waals surface area contributed by atoms with E-state index in [1.807, 2.05) is 30.3 Å². The van der Waals surface area contributed by atoms with Gasteiger partial charge in [-0.25, -0.2) is 17.6 Å². The van der Waals surface area contributed by atoms with E-state index in [0.717, 1.165) is 5.69 Å². The molecule has 0 aliphatic carbocycles. The van der Waals surface area contributed by atoms with Crippen molar-refractivity contribution < 1.29 is 22.3 Å². The first-order valence-electron chi connectivity index (χ1n) is 10.4. The third kappa shape index (κ3) is 5.35. The van der Waals surface area contributed by atoms with Crippen LogP contribution in [0.15, 0.2) is 77.7 Å². The third-order valence-electron chi connectivity index (χ3n) is 5.44. The fourth-order valence-electron chi connectivity index (χ4n) is 3.60. The molecule has 0 saturated carbocycles. The second kappa shape index (κ2) is 9.91. The highest BCUT2D eigenvalue weighted by Crippen LogP contribution is 2.26. The van der Waals surface area contributed by atoms with Crippen LogP contribution in [0.5, 0.6) is 0 Å². The van der Waals surface area contributed by atoms with Crippen LogP contribution < -0.4 is 4.90 Å². The van der Waals surface area contributed by atoms with Crippen molar-refractivity contribution in [3.63, 3.8) is 0 Å². The topological polar surface area (TPSA) is 66.9 Å². The molecule has 3 aromatic carbocycles. The predicted octanol–water partition coefficient (Wildman–Crippen LogP) is 4.35. The van der Waals surface area contributed by atoms with Crippen LogP contribution in [0.25, 0.3) is 0 Å². The van der Waals surface area contributed by atoms with Crippen LogP contribution >= 0.6 is 11.6 Å². The second-order valence-electron chi connectivity index (χ2n) is 7.57. The molecule has 1 saturated heterocycles. The summed E-state index contributed by atoms with van der Waals surface area (Å²) in [6.07, 6.45) is 0. The number of hydrogen-bond acceptors (Lipinski definition) is 5. The Morgan fingerprint density at radius 1 is 0.939 bits per heavy atom. The molecule has 0 atom stereocenters. The highest BCUT2D eigenvalue weighted by Gasteiger charge is 2.29. The van der Waals surface area contributed by atoms with Gasteiger partial charge in [-0.15, -0.1) is 0 Å². The Morgan fingerprint density at radius 3 is 2.27 bits per heavy atom. The van der Waals surface area contributed by atoms with E-state index in [2.05, 4.69) is 4.90 Å². The van der Waals surface area contributed by atoms with Crippen molar-refractivity contribution in [1.82, 2.24) is 4.31 Å². The van der Waals surface area contributed by atoms with Crippen LogP contribution in [0.4, 0.5) is 10.1 Å². The monoisotopic (exact) mass is 488 g/mol. The summed E-state index contributed by atoms with van der Waals surface area (Å²) < 4.78 is 46.1. The highest BCUT2D eigenvalue weighted by molar-refractivity contribution is 7.89. The minimum Gasteiger partial charge on any atom is -0.457 e. The van der Waals surface area contributed by atoms with Gasteiger partial charge < -0.3 is 9.64 Å². The summed E-state index contributed by atoms with van der Waals surface area (Å²) in [5.41, 5.74) is 1.61. The van der Waals surface area contributed by atoms with Gasteiger partial charge in [-0.05, 0) is 48.0 Å². The van der Waals surface area contributed by atoms with Crippen molar-refractivity contribution in [2.45, 2.75) is 11.5 Å². The Labute approximate surface area is 197 Å². The fourth-order valence-corrected chi connectivity index (χ4v) is 5.25. The van der Waals surface area contributed by atoms with Crippen LogP contribution in [-0.2, 0) is 21.4 Å². The molecule has 4 rings (SSSR count). The standard InChI is InChI=1S/C24H22ClFN2O4S/c25-23-11-10-21(16-22(23)24(29)32-17-18-6-8-19(26)9-7-18)33(30,31)28-14-12-27(13-15-28)20-4-2-1-3-5-20/h1-11,16H,12-15,17H2. The number of ether oxygens (including phenoxy) is 1. The van der Waals surface area contributed by atoms with Crippen molar-refractivity contribution in [3.8, 4) is 0 Å². The van der Waals surface area contributed by atoms with Crippen LogP contribution in [-0.4, -0.2) is 44.9 Å². The van der Waals surface area contributed by atoms with E-state index in [1.165, 1.54) is 46.8 Å². The van der Waals surface area contributed by atoms with E-state index in [9.17, 15) is 17.6 Å². The molecule has 0 N–H and O–H groups in total. The van der Waals surface area contributed by atoms with Gasteiger partial charge in [0.05, 0.1) is 15.5 Å². The first kappa shape index (κ1) is 23.2. The molecule has 0 unspecified atom stereocenters. The summed E-state index contributed by atoms with van der Waals surface area (Å²) in [5.74, 6) is -1.15. The molecule has 33 heavy (non-hydrogen) atoms. The molecular weight excluding hydrogens is 467 g/mol. The number of sulfonamides is 1. The molecule has 3 aromatic rings. The third-order valence-corrected chi connectivity index (χ3v) is 7.66. The zero-order valence-corrected chi connectivity index (χ0v) is 19.2.